The number of hydrogen-bond donors (Lipinski definition) is 1. The van der Waals surface area contributed by atoms with Gasteiger partial charge < -0.3 is 5.73 Å². The maximum absolute atomic E-state index is 11.0. The summed E-state index contributed by atoms with van der Waals surface area (Å²) in [4.78, 5) is 13.1. The monoisotopic (exact) mass is 355 g/mol. The van der Waals surface area contributed by atoms with Crippen LogP contribution >= 0.6 is 15.9 Å². The minimum Gasteiger partial charge on any atom is -0.328 e. The zero-order valence-electron chi connectivity index (χ0n) is 12.3. The normalized spacial score (nSPS) is 22.5. The maximum Gasteiger partial charge on any atom is 0.283 e. The van der Waals surface area contributed by atoms with Crippen molar-refractivity contribution < 1.29 is 4.92 Å². The summed E-state index contributed by atoms with van der Waals surface area (Å²) >= 11 is 3.38. The summed E-state index contributed by atoms with van der Waals surface area (Å²) in [5.74, 6) is 0. The van der Waals surface area contributed by atoms with E-state index in [1.807, 2.05) is 6.07 Å². The molecule has 1 aromatic rings. The molecule has 0 radical (unpaired) electrons. The first kappa shape index (κ1) is 16.4. The highest BCUT2D eigenvalue weighted by atomic mass is 79.9. The first-order valence-electron chi connectivity index (χ1n) is 7.44. The Morgan fingerprint density at radius 3 is 2.62 bits per heavy atom. The smallest absolute Gasteiger partial charge is 0.283 e. The van der Waals surface area contributed by atoms with E-state index in [2.05, 4.69) is 27.8 Å². The summed E-state index contributed by atoms with van der Waals surface area (Å²) in [6.07, 6.45) is 4.36. The van der Waals surface area contributed by atoms with Crippen molar-refractivity contribution in [3.63, 3.8) is 0 Å². The lowest BCUT2D eigenvalue weighted by molar-refractivity contribution is -0.385. The van der Waals surface area contributed by atoms with Crippen LogP contribution in [0.3, 0.4) is 0 Å². The van der Waals surface area contributed by atoms with E-state index in [9.17, 15) is 10.1 Å². The summed E-state index contributed by atoms with van der Waals surface area (Å²) in [6.45, 7) is 3.81. The minimum atomic E-state index is -0.344. The molecule has 2 N–H and O–H groups in total. The second-order valence-electron chi connectivity index (χ2n) is 5.64. The Morgan fingerprint density at radius 1 is 1.38 bits per heavy atom. The fraction of sp³-hybridized carbons (Fsp3) is 0.600. The van der Waals surface area contributed by atoms with Crippen LogP contribution in [0, 0.1) is 10.1 Å². The van der Waals surface area contributed by atoms with Gasteiger partial charge in [-0.25, -0.2) is 0 Å². The highest BCUT2D eigenvalue weighted by Gasteiger charge is 2.24. The molecule has 21 heavy (non-hydrogen) atoms. The SMILES string of the molecule is CCN(Cc1cccc([N+](=O)[O-])c1Br)C1CCC(N)CC1. The molecule has 0 amide bonds. The summed E-state index contributed by atoms with van der Waals surface area (Å²) in [5, 5.41) is 11.0. The van der Waals surface area contributed by atoms with Gasteiger partial charge in [-0.1, -0.05) is 19.1 Å². The first-order valence-corrected chi connectivity index (χ1v) is 8.23. The molecule has 5 nitrogen and oxygen atoms in total. The van der Waals surface area contributed by atoms with Gasteiger partial charge in [0.2, 0.25) is 0 Å². The maximum atomic E-state index is 11.0. The summed E-state index contributed by atoms with van der Waals surface area (Å²) < 4.78 is 0.598. The molecule has 0 spiro atoms. The molecule has 0 aromatic heterocycles. The number of nitro groups is 1. The van der Waals surface area contributed by atoms with Gasteiger partial charge in [-0.15, -0.1) is 0 Å². The van der Waals surface area contributed by atoms with E-state index < -0.39 is 0 Å². The summed E-state index contributed by atoms with van der Waals surface area (Å²) in [7, 11) is 0. The fourth-order valence-corrected chi connectivity index (χ4v) is 3.55. The average Bonchev–Trinajstić information content (AvgIpc) is 2.47. The van der Waals surface area contributed by atoms with Crippen molar-refractivity contribution >= 4 is 21.6 Å². The van der Waals surface area contributed by atoms with Crippen molar-refractivity contribution in [3.05, 3.63) is 38.3 Å². The molecule has 0 heterocycles. The molecule has 0 unspecified atom stereocenters. The molecule has 1 saturated carbocycles. The van der Waals surface area contributed by atoms with Crippen LogP contribution in [-0.2, 0) is 6.54 Å². The van der Waals surface area contributed by atoms with Crippen LogP contribution in [0.15, 0.2) is 22.7 Å². The fourth-order valence-electron chi connectivity index (χ4n) is 3.01. The number of nitrogens with two attached hydrogens (primary N) is 1. The minimum absolute atomic E-state index is 0.134. The van der Waals surface area contributed by atoms with E-state index in [1.54, 1.807) is 6.07 Å². The van der Waals surface area contributed by atoms with Gasteiger partial charge in [0.1, 0.15) is 0 Å². The predicted octanol–water partition coefficient (Wildman–Crippen LogP) is 3.45. The molecule has 2 rings (SSSR count). The molecule has 0 bridgehead atoms. The number of rotatable bonds is 5. The van der Waals surface area contributed by atoms with Crippen molar-refractivity contribution in [1.82, 2.24) is 4.90 Å². The van der Waals surface area contributed by atoms with E-state index in [0.29, 0.717) is 16.6 Å². The van der Waals surface area contributed by atoms with Crippen LogP contribution in [0.25, 0.3) is 0 Å². The van der Waals surface area contributed by atoms with Crippen LogP contribution in [0.5, 0.6) is 0 Å². The number of nitrogens with zero attached hydrogens (tertiary/aromatic N) is 2. The lowest BCUT2D eigenvalue weighted by Gasteiger charge is -2.35. The summed E-state index contributed by atoms with van der Waals surface area (Å²) in [5.41, 5.74) is 7.07. The van der Waals surface area contributed by atoms with Crippen molar-refractivity contribution in [1.29, 1.82) is 0 Å². The zero-order valence-corrected chi connectivity index (χ0v) is 13.9. The van der Waals surface area contributed by atoms with Crippen molar-refractivity contribution in [2.75, 3.05) is 6.54 Å². The highest BCUT2D eigenvalue weighted by Crippen LogP contribution is 2.31. The van der Waals surface area contributed by atoms with Gasteiger partial charge in [-0.2, -0.15) is 0 Å². The average molecular weight is 356 g/mol. The lowest BCUT2D eigenvalue weighted by atomic mass is 9.90. The van der Waals surface area contributed by atoms with Crippen molar-refractivity contribution in [2.24, 2.45) is 5.73 Å². The molecule has 1 aromatic carbocycles. The molecular formula is C15H22BrN3O2. The quantitative estimate of drug-likeness (QED) is 0.648. The van der Waals surface area contributed by atoms with Crippen LogP contribution in [-0.4, -0.2) is 28.5 Å². The zero-order chi connectivity index (χ0) is 15.4. The van der Waals surface area contributed by atoms with Crippen LogP contribution in [0.1, 0.15) is 38.2 Å². The third-order valence-corrected chi connectivity index (χ3v) is 5.21. The van der Waals surface area contributed by atoms with Gasteiger partial charge in [0.15, 0.2) is 0 Å². The number of nitro benzene ring substituents is 1. The van der Waals surface area contributed by atoms with Gasteiger partial charge >= 0.3 is 0 Å². The van der Waals surface area contributed by atoms with Crippen molar-refractivity contribution in [3.8, 4) is 0 Å². The van der Waals surface area contributed by atoms with Crippen LogP contribution in [0.4, 0.5) is 5.69 Å². The Labute approximate surface area is 133 Å². The van der Waals surface area contributed by atoms with E-state index in [1.165, 1.54) is 6.07 Å². The molecule has 1 aliphatic carbocycles. The second-order valence-corrected chi connectivity index (χ2v) is 6.43. The molecule has 0 saturated heterocycles. The van der Waals surface area contributed by atoms with Gasteiger partial charge in [0, 0.05) is 24.7 Å². The number of benzene rings is 1. The molecule has 1 aliphatic rings. The molecule has 116 valence electrons. The first-order chi connectivity index (χ1) is 10.0. The number of halogens is 1. The third-order valence-electron chi connectivity index (χ3n) is 4.29. The van der Waals surface area contributed by atoms with Gasteiger partial charge in [0.25, 0.3) is 5.69 Å². The Bertz CT molecular complexity index is 502. The van der Waals surface area contributed by atoms with E-state index in [4.69, 9.17) is 5.73 Å². The van der Waals surface area contributed by atoms with E-state index >= 15 is 0 Å². The standard InChI is InChI=1S/C15H22BrN3O2/c1-2-18(13-8-6-12(17)7-9-13)10-11-4-3-5-14(15(11)16)19(20)21/h3-5,12-13H,2,6-10,17H2,1H3. The van der Waals surface area contributed by atoms with Gasteiger partial charge in [-0.3, -0.25) is 15.0 Å². The number of hydrogen-bond acceptors (Lipinski definition) is 4. The Balaban J connectivity index is 2.12. The Hall–Kier alpha value is -0.980. The molecule has 1 fully saturated rings. The van der Waals surface area contributed by atoms with Crippen molar-refractivity contribution in [2.45, 2.75) is 51.2 Å². The van der Waals surface area contributed by atoms with E-state index in [0.717, 1.165) is 44.3 Å². The third kappa shape index (κ3) is 4.02. The molecule has 0 atom stereocenters. The summed E-state index contributed by atoms with van der Waals surface area (Å²) in [6, 6.07) is 6.10. The predicted molar refractivity (Wildman–Crippen MR) is 87.1 cm³/mol. The molecule has 0 aliphatic heterocycles. The van der Waals surface area contributed by atoms with Gasteiger partial charge in [0.05, 0.1) is 9.40 Å². The van der Waals surface area contributed by atoms with Gasteiger partial charge in [-0.05, 0) is 53.7 Å². The molecule has 6 heteroatoms. The van der Waals surface area contributed by atoms with Crippen LogP contribution in [0.2, 0.25) is 0 Å². The topological polar surface area (TPSA) is 72.4 Å². The second kappa shape index (κ2) is 7.33. The van der Waals surface area contributed by atoms with Crippen LogP contribution < -0.4 is 5.73 Å². The lowest BCUT2D eigenvalue weighted by Crippen LogP contribution is -2.40. The Morgan fingerprint density at radius 2 is 2.05 bits per heavy atom. The largest absolute Gasteiger partial charge is 0.328 e. The highest BCUT2D eigenvalue weighted by molar-refractivity contribution is 9.10. The molecular weight excluding hydrogens is 334 g/mol. The van der Waals surface area contributed by atoms with E-state index in [-0.39, 0.29) is 10.6 Å². The Kier molecular flexibility index (Phi) is 5.72.